The third-order valence-corrected chi connectivity index (χ3v) is 10.7. The van der Waals surface area contributed by atoms with Crippen LogP contribution in [0.5, 0.6) is 0 Å². The number of aromatic nitrogens is 1. The van der Waals surface area contributed by atoms with Crippen molar-refractivity contribution in [3.63, 3.8) is 0 Å². The summed E-state index contributed by atoms with van der Waals surface area (Å²) < 4.78 is 0. The molecule has 4 saturated carbocycles. The molecule has 0 aliphatic heterocycles. The fourth-order valence-corrected chi connectivity index (χ4v) is 8.78. The van der Waals surface area contributed by atoms with Gasteiger partial charge in [-0.2, -0.15) is 0 Å². The summed E-state index contributed by atoms with van der Waals surface area (Å²) in [6, 6.07) is 5.57. The minimum absolute atomic E-state index is 0.0136. The molecular formula is C28H43N3O. The van der Waals surface area contributed by atoms with Crippen molar-refractivity contribution in [2.24, 2.45) is 40.9 Å². The summed E-state index contributed by atoms with van der Waals surface area (Å²) in [7, 11) is 2.16. The van der Waals surface area contributed by atoms with Crippen molar-refractivity contribution >= 4 is 5.91 Å². The normalized spacial score (nSPS) is 43.5. The first-order valence-electron chi connectivity index (χ1n) is 13.3. The number of nitrogens with one attached hydrogen (secondary N) is 2. The molecule has 8 atom stereocenters. The quantitative estimate of drug-likeness (QED) is 0.659. The van der Waals surface area contributed by atoms with Gasteiger partial charge in [0.05, 0.1) is 0 Å². The number of fused-ring (bicyclic) bond motifs is 5. The fraction of sp³-hybridized carbons (Fsp3) is 0.786. The molecule has 4 nitrogen and oxygen atoms in total. The lowest BCUT2D eigenvalue weighted by atomic mass is 9.45. The lowest BCUT2D eigenvalue weighted by Gasteiger charge is -2.61. The van der Waals surface area contributed by atoms with E-state index in [1.807, 2.05) is 18.2 Å². The van der Waals surface area contributed by atoms with Crippen LogP contribution < -0.4 is 10.6 Å². The predicted molar refractivity (Wildman–Crippen MR) is 129 cm³/mol. The maximum absolute atomic E-state index is 12.6. The highest BCUT2D eigenvalue weighted by atomic mass is 16.1. The molecule has 0 spiro atoms. The van der Waals surface area contributed by atoms with Crippen LogP contribution in [0.15, 0.2) is 24.4 Å². The predicted octanol–water partition coefficient (Wildman–Crippen LogP) is 5.45. The maximum Gasteiger partial charge on any atom is 0.269 e. The van der Waals surface area contributed by atoms with Crippen LogP contribution in [0.25, 0.3) is 0 Å². The standard InChI is InChI=1S/C28H43N3O/c1-27(29-3)14-12-21-19(17-27)10-11-23-22(21)13-15-28(2)20(7-6-8-24(23)28)18-31-26(32)25-9-4-5-16-30-25/h4-5,9,16,19-24,29H,6-8,10-15,17-18H2,1-3H3,(H,31,32)/t19-,20-,21+,22-,23-,24+,27-,28-/m1/s1. The molecule has 1 aromatic heterocycles. The van der Waals surface area contributed by atoms with Gasteiger partial charge < -0.3 is 10.6 Å². The third kappa shape index (κ3) is 3.91. The van der Waals surface area contributed by atoms with Crippen molar-refractivity contribution in [2.45, 2.75) is 83.6 Å². The molecule has 1 heterocycles. The van der Waals surface area contributed by atoms with Gasteiger partial charge >= 0.3 is 0 Å². The van der Waals surface area contributed by atoms with E-state index in [1.54, 1.807) is 6.20 Å². The molecule has 0 aromatic carbocycles. The van der Waals surface area contributed by atoms with Gasteiger partial charge in [0.1, 0.15) is 5.69 Å². The van der Waals surface area contributed by atoms with Gasteiger partial charge in [0, 0.05) is 18.3 Å². The smallest absolute Gasteiger partial charge is 0.269 e. The summed E-state index contributed by atoms with van der Waals surface area (Å²) >= 11 is 0. The topological polar surface area (TPSA) is 54.0 Å². The van der Waals surface area contributed by atoms with Crippen molar-refractivity contribution in [3.05, 3.63) is 30.1 Å². The SMILES string of the molecule is CN[C@]1(C)CC[C@H]2[C@H](CC[C@@H]3[C@@H]2CC[C@]2(C)[C@@H](CNC(=O)c4ccccn4)CCC[C@@H]32)C1. The Bertz CT molecular complexity index is 812. The number of carbonyl (C=O) groups is 1. The molecular weight excluding hydrogens is 394 g/mol. The zero-order chi connectivity index (χ0) is 22.3. The minimum atomic E-state index is -0.0136. The van der Waals surface area contributed by atoms with E-state index in [4.69, 9.17) is 0 Å². The van der Waals surface area contributed by atoms with E-state index in [2.05, 4.69) is 36.5 Å². The zero-order valence-electron chi connectivity index (χ0n) is 20.4. The fourth-order valence-electron chi connectivity index (χ4n) is 8.78. The number of nitrogens with zero attached hydrogens (tertiary/aromatic N) is 1. The minimum Gasteiger partial charge on any atom is -0.350 e. The first-order chi connectivity index (χ1) is 15.4. The van der Waals surface area contributed by atoms with Crippen LogP contribution in [-0.4, -0.2) is 30.0 Å². The first kappa shape index (κ1) is 22.4. The van der Waals surface area contributed by atoms with Crippen LogP contribution in [0, 0.1) is 40.9 Å². The van der Waals surface area contributed by atoms with Crippen LogP contribution in [0.3, 0.4) is 0 Å². The highest BCUT2D eigenvalue weighted by Crippen LogP contribution is 2.63. The molecule has 4 heteroatoms. The van der Waals surface area contributed by atoms with Gasteiger partial charge in [-0.1, -0.05) is 19.4 Å². The van der Waals surface area contributed by atoms with Gasteiger partial charge in [-0.05, 0) is 125 Å². The first-order valence-corrected chi connectivity index (χ1v) is 13.3. The summed E-state index contributed by atoms with van der Waals surface area (Å²) in [4.78, 5) is 16.9. The second-order valence-electron chi connectivity index (χ2n) is 12.1. The summed E-state index contributed by atoms with van der Waals surface area (Å²) in [5, 5.41) is 6.89. The number of amides is 1. The Kier molecular flexibility index (Phi) is 6.11. The van der Waals surface area contributed by atoms with Crippen molar-refractivity contribution in [3.8, 4) is 0 Å². The Morgan fingerprint density at radius 2 is 1.88 bits per heavy atom. The highest BCUT2D eigenvalue weighted by Gasteiger charge is 2.55. The van der Waals surface area contributed by atoms with E-state index in [0.717, 1.165) is 36.1 Å². The van der Waals surface area contributed by atoms with E-state index >= 15 is 0 Å². The average molecular weight is 438 g/mol. The Morgan fingerprint density at radius 1 is 1.03 bits per heavy atom. The molecule has 5 rings (SSSR count). The molecule has 0 unspecified atom stereocenters. The summed E-state index contributed by atoms with van der Waals surface area (Å²) in [5.41, 5.74) is 1.29. The van der Waals surface area contributed by atoms with Crippen LogP contribution >= 0.6 is 0 Å². The number of carbonyl (C=O) groups excluding carboxylic acids is 1. The number of pyridine rings is 1. The molecule has 0 radical (unpaired) electrons. The molecule has 4 aliphatic rings. The van der Waals surface area contributed by atoms with Crippen molar-refractivity contribution in [2.75, 3.05) is 13.6 Å². The highest BCUT2D eigenvalue weighted by molar-refractivity contribution is 5.92. The van der Waals surface area contributed by atoms with E-state index in [9.17, 15) is 4.79 Å². The molecule has 4 fully saturated rings. The molecule has 0 saturated heterocycles. The van der Waals surface area contributed by atoms with Crippen LogP contribution in [0.1, 0.15) is 88.5 Å². The Balaban J connectivity index is 1.27. The van der Waals surface area contributed by atoms with E-state index in [1.165, 1.54) is 64.2 Å². The van der Waals surface area contributed by atoms with Crippen LogP contribution in [0.4, 0.5) is 0 Å². The summed E-state index contributed by atoms with van der Waals surface area (Å²) in [5.74, 6) is 5.21. The number of hydrogen-bond donors (Lipinski definition) is 2. The summed E-state index contributed by atoms with van der Waals surface area (Å²) in [6.45, 7) is 5.83. The zero-order valence-corrected chi connectivity index (χ0v) is 20.4. The molecule has 1 amide bonds. The Morgan fingerprint density at radius 3 is 2.66 bits per heavy atom. The van der Waals surface area contributed by atoms with E-state index in [-0.39, 0.29) is 5.91 Å². The molecule has 4 aliphatic carbocycles. The Hall–Kier alpha value is -1.42. The Labute approximate surface area is 194 Å². The molecule has 0 bridgehead atoms. The monoisotopic (exact) mass is 437 g/mol. The average Bonchev–Trinajstić information content (AvgIpc) is 2.82. The molecule has 32 heavy (non-hydrogen) atoms. The third-order valence-electron chi connectivity index (χ3n) is 10.7. The molecule has 176 valence electrons. The van der Waals surface area contributed by atoms with Gasteiger partial charge in [0.15, 0.2) is 0 Å². The largest absolute Gasteiger partial charge is 0.350 e. The van der Waals surface area contributed by atoms with Crippen molar-refractivity contribution in [1.29, 1.82) is 0 Å². The lowest BCUT2D eigenvalue weighted by molar-refractivity contribution is -0.111. The van der Waals surface area contributed by atoms with E-state index < -0.39 is 0 Å². The maximum atomic E-state index is 12.6. The van der Waals surface area contributed by atoms with Crippen LogP contribution in [0.2, 0.25) is 0 Å². The molecule has 1 aromatic rings. The van der Waals surface area contributed by atoms with Gasteiger partial charge in [-0.25, -0.2) is 0 Å². The summed E-state index contributed by atoms with van der Waals surface area (Å²) in [6.07, 6.45) is 15.5. The number of rotatable bonds is 4. The van der Waals surface area contributed by atoms with Crippen molar-refractivity contribution < 1.29 is 4.79 Å². The van der Waals surface area contributed by atoms with Crippen molar-refractivity contribution in [1.82, 2.24) is 15.6 Å². The second kappa shape index (κ2) is 8.74. The van der Waals surface area contributed by atoms with Gasteiger partial charge in [-0.3, -0.25) is 9.78 Å². The second-order valence-corrected chi connectivity index (χ2v) is 12.1. The van der Waals surface area contributed by atoms with Gasteiger partial charge in [0.25, 0.3) is 5.91 Å². The van der Waals surface area contributed by atoms with Gasteiger partial charge in [-0.15, -0.1) is 0 Å². The van der Waals surface area contributed by atoms with Gasteiger partial charge in [0.2, 0.25) is 0 Å². The molecule has 2 N–H and O–H groups in total. The lowest BCUT2D eigenvalue weighted by Crippen LogP contribution is -2.56. The van der Waals surface area contributed by atoms with Crippen LogP contribution in [-0.2, 0) is 0 Å². The number of hydrogen-bond acceptors (Lipinski definition) is 3. The van der Waals surface area contributed by atoms with E-state index in [0.29, 0.717) is 22.6 Å².